The predicted octanol–water partition coefficient (Wildman–Crippen LogP) is 5.68. The second-order valence-electron chi connectivity index (χ2n) is 6.51. The van der Waals surface area contributed by atoms with Gasteiger partial charge in [0.15, 0.2) is 17.3 Å². The van der Waals surface area contributed by atoms with Crippen molar-refractivity contribution < 1.29 is 36.6 Å². The third-order valence-corrected chi connectivity index (χ3v) is 5.15. The van der Waals surface area contributed by atoms with Gasteiger partial charge < -0.3 is 19.8 Å². The Morgan fingerprint density at radius 1 is 1.23 bits per heavy atom. The zero-order valence-corrected chi connectivity index (χ0v) is 19.9. The summed E-state index contributed by atoms with van der Waals surface area (Å²) in [5.41, 5.74) is -0.364. The number of carbonyl (C=O) groups is 2. The van der Waals surface area contributed by atoms with Crippen molar-refractivity contribution in [2.75, 3.05) is 0 Å². The summed E-state index contributed by atoms with van der Waals surface area (Å²) in [6, 6.07) is 7.59. The van der Waals surface area contributed by atoms with E-state index in [0.717, 1.165) is 0 Å². The minimum atomic E-state index is -5.27. The monoisotopic (exact) mass is 594 g/mol. The molecule has 0 atom stereocenters. The number of aromatic amines is 1. The smallest absolute Gasteiger partial charge is 0.453 e. The standard InChI is InChI=1S/C20H9BrCl2F4N4O4/c21-16-14(30-19(31-16)35-18(33)20(25,26)27)17(32)29-7-9-1-2-12(23)15(13(9)24)34-11-4-8(6-28)3-10(22)5-11/h1-5H,7H2,(H,29,32)(H,30,31). The van der Waals surface area contributed by atoms with E-state index in [1.807, 2.05) is 6.07 Å². The molecule has 0 saturated carbocycles. The molecular weight excluding hydrogens is 587 g/mol. The first-order valence-corrected chi connectivity index (χ1v) is 10.6. The second kappa shape index (κ2) is 10.5. The zero-order valence-electron chi connectivity index (χ0n) is 16.8. The number of benzene rings is 2. The maximum atomic E-state index is 15.0. The van der Waals surface area contributed by atoms with Gasteiger partial charge in [-0.05, 0) is 40.2 Å². The summed E-state index contributed by atoms with van der Waals surface area (Å²) in [7, 11) is 0. The van der Waals surface area contributed by atoms with Crippen molar-refractivity contribution in [2.24, 2.45) is 0 Å². The van der Waals surface area contributed by atoms with E-state index in [9.17, 15) is 22.8 Å². The molecule has 2 N–H and O–H groups in total. The third kappa shape index (κ3) is 6.41. The van der Waals surface area contributed by atoms with Gasteiger partial charge in [0.1, 0.15) is 10.4 Å². The zero-order chi connectivity index (χ0) is 25.9. The Morgan fingerprint density at radius 2 is 1.94 bits per heavy atom. The first kappa shape index (κ1) is 26.3. The van der Waals surface area contributed by atoms with Crippen LogP contribution in [0, 0.1) is 17.1 Å². The number of hydrogen-bond acceptors (Lipinski definition) is 6. The lowest BCUT2D eigenvalue weighted by molar-refractivity contribution is -0.190. The molecule has 8 nitrogen and oxygen atoms in total. The summed E-state index contributed by atoms with van der Waals surface area (Å²) in [5.74, 6) is -4.77. The SMILES string of the molecule is N#Cc1cc(Cl)cc(Oc2c(Cl)ccc(CNC(=O)c3nc(OC(=O)C(F)(F)F)[nH]c3Br)c2F)c1. The van der Waals surface area contributed by atoms with E-state index in [1.165, 1.54) is 30.3 Å². The molecule has 0 radical (unpaired) electrons. The highest BCUT2D eigenvalue weighted by atomic mass is 79.9. The van der Waals surface area contributed by atoms with Gasteiger partial charge in [-0.1, -0.05) is 29.3 Å². The van der Waals surface area contributed by atoms with Gasteiger partial charge in [-0.3, -0.25) is 4.79 Å². The molecule has 0 unspecified atom stereocenters. The van der Waals surface area contributed by atoms with Crippen molar-refractivity contribution in [3.05, 3.63) is 67.6 Å². The predicted molar refractivity (Wildman–Crippen MR) is 117 cm³/mol. The summed E-state index contributed by atoms with van der Waals surface area (Å²) in [5, 5.41) is 11.4. The van der Waals surface area contributed by atoms with Crippen molar-refractivity contribution >= 4 is 51.0 Å². The fourth-order valence-corrected chi connectivity index (χ4v) is 3.39. The topological polar surface area (TPSA) is 117 Å². The Labute approximate surface area is 211 Å². The minimum Gasteiger partial charge on any atom is -0.453 e. The first-order chi connectivity index (χ1) is 16.4. The molecule has 15 heteroatoms. The first-order valence-electron chi connectivity index (χ1n) is 9.07. The van der Waals surface area contributed by atoms with Gasteiger partial charge in [-0.15, -0.1) is 0 Å². The molecule has 1 heterocycles. The van der Waals surface area contributed by atoms with E-state index in [1.54, 1.807) is 0 Å². The molecule has 3 aromatic rings. The Bertz CT molecular complexity index is 1360. The number of hydrogen-bond donors (Lipinski definition) is 2. The molecule has 0 aliphatic carbocycles. The highest BCUT2D eigenvalue weighted by Crippen LogP contribution is 2.35. The van der Waals surface area contributed by atoms with Crippen LogP contribution in [0.2, 0.25) is 10.0 Å². The summed E-state index contributed by atoms with van der Waals surface area (Å²) in [4.78, 5) is 28.9. The lowest BCUT2D eigenvalue weighted by Gasteiger charge is -2.13. The van der Waals surface area contributed by atoms with Crippen LogP contribution in [0.5, 0.6) is 17.5 Å². The molecule has 0 spiro atoms. The summed E-state index contributed by atoms with van der Waals surface area (Å²) in [6.07, 6.45) is -5.27. The average Bonchev–Trinajstić information content (AvgIpc) is 3.14. The Hall–Kier alpha value is -3.34. The number of nitrogens with zero attached hydrogens (tertiary/aromatic N) is 2. The number of nitriles is 1. The van der Waals surface area contributed by atoms with Gasteiger partial charge >= 0.3 is 18.2 Å². The number of nitrogens with one attached hydrogen (secondary N) is 2. The van der Waals surface area contributed by atoms with E-state index < -0.39 is 47.9 Å². The summed E-state index contributed by atoms with van der Waals surface area (Å²) < 4.78 is 61.3. The molecule has 3 rings (SSSR count). The van der Waals surface area contributed by atoms with Crippen LogP contribution in [0.25, 0.3) is 0 Å². The van der Waals surface area contributed by atoms with Crippen molar-refractivity contribution in [2.45, 2.75) is 12.7 Å². The number of esters is 1. The number of rotatable bonds is 6. The second-order valence-corrected chi connectivity index (χ2v) is 8.15. The van der Waals surface area contributed by atoms with Crippen LogP contribution in [-0.4, -0.2) is 28.0 Å². The van der Waals surface area contributed by atoms with E-state index in [4.69, 9.17) is 33.2 Å². The normalized spacial score (nSPS) is 11.0. The lowest BCUT2D eigenvalue weighted by atomic mass is 10.2. The van der Waals surface area contributed by atoms with Crippen LogP contribution in [0.4, 0.5) is 17.6 Å². The van der Waals surface area contributed by atoms with Crippen LogP contribution in [0.1, 0.15) is 21.6 Å². The van der Waals surface area contributed by atoms with Gasteiger partial charge in [0.2, 0.25) is 0 Å². The molecule has 35 heavy (non-hydrogen) atoms. The molecule has 182 valence electrons. The maximum absolute atomic E-state index is 15.0. The fraction of sp³-hybridized carbons (Fsp3) is 0.100. The molecule has 0 saturated heterocycles. The number of carbonyl (C=O) groups excluding carboxylic acids is 2. The minimum absolute atomic E-state index is 0.0393. The van der Waals surface area contributed by atoms with Crippen molar-refractivity contribution in [1.82, 2.24) is 15.3 Å². The molecule has 0 bridgehead atoms. The van der Waals surface area contributed by atoms with Crippen molar-refractivity contribution in [3.8, 4) is 23.6 Å². The van der Waals surface area contributed by atoms with Crippen molar-refractivity contribution in [1.29, 1.82) is 5.26 Å². The number of amides is 1. The molecule has 0 aliphatic heterocycles. The van der Waals surface area contributed by atoms with Crippen LogP contribution >= 0.6 is 39.1 Å². The van der Waals surface area contributed by atoms with Crippen LogP contribution in [0.3, 0.4) is 0 Å². The average molecular weight is 596 g/mol. The van der Waals surface area contributed by atoms with Gasteiger partial charge in [0.05, 0.1) is 16.7 Å². The van der Waals surface area contributed by atoms with Gasteiger partial charge in [-0.2, -0.15) is 23.4 Å². The molecule has 2 aromatic carbocycles. The fourth-order valence-electron chi connectivity index (χ4n) is 2.54. The maximum Gasteiger partial charge on any atom is 0.491 e. The molecular formula is C20H9BrCl2F4N4O4. The van der Waals surface area contributed by atoms with E-state index in [0.29, 0.717) is 0 Å². The molecule has 1 amide bonds. The number of alkyl halides is 3. The van der Waals surface area contributed by atoms with E-state index >= 15 is 4.39 Å². The van der Waals surface area contributed by atoms with E-state index in [2.05, 4.69) is 36.0 Å². The third-order valence-electron chi connectivity index (χ3n) is 4.06. The van der Waals surface area contributed by atoms with E-state index in [-0.39, 0.29) is 31.5 Å². The molecule has 0 aliphatic rings. The Kier molecular flexibility index (Phi) is 7.89. The Balaban J connectivity index is 1.75. The number of ether oxygens (including phenoxy) is 2. The van der Waals surface area contributed by atoms with Crippen molar-refractivity contribution in [3.63, 3.8) is 0 Å². The lowest BCUT2D eigenvalue weighted by Crippen LogP contribution is -2.28. The summed E-state index contributed by atoms with van der Waals surface area (Å²) in [6.45, 7) is -0.409. The van der Waals surface area contributed by atoms with Gasteiger partial charge in [-0.25, -0.2) is 9.18 Å². The van der Waals surface area contributed by atoms with Crippen LogP contribution in [0.15, 0.2) is 34.9 Å². The van der Waals surface area contributed by atoms with Crippen LogP contribution in [-0.2, 0) is 11.3 Å². The number of imidazole rings is 1. The molecule has 1 aromatic heterocycles. The highest BCUT2D eigenvalue weighted by Gasteiger charge is 2.42. The number of halogens is 7. The summed E-state index contributed by atoms with van der Waals surface area (Å²) >= 11 is 14.8. The highest BCUT2D eigenvalue weighted by molar-refractivity contribution is 9.10. The molecule has 0 fully saturated rings. The Morgan fingerprint density at radius 3 is 2.60 bits per heavy atom. The number of aromatic nitrogens is 2. The van der Waals surface area contributed by atoms with Crippen LogP contribution < -0.4 is 14.8 Å². The quantitative estimate of drug-likeness (QED) is 0.280. The van der Waals surface area contributed by atoms with Gasteiger partial charge in [0.25, 0.3) is 5.91 Å². The number of H-pyrrole nitrogens is 1. The van der Waals surface area contributed by atoms with Gasteiger partial charge in [0, 0.05) is 17.1 Å². The largest absolute Gasteiger partial charge is 0.491 e.